The Morgan fingerprint density at radius 3 is 2.14 bits per heavy atom. The average molecular weight is 434 g/mol. The molecule has 7 nitrogen and oxygen atoms in total. The van der Waals surface area contributed by atoms with E-state index in [-0.39, 0.29) is 46.6 Å². The molecule has 0 radical (unpaired) electrons. The molecule has 156 valence electrons. The van der Waals surface area contributed by atoms with Crippen molar-refractivity contribution in [2.24, 2.45) is 5.92 Å². The Morgan fingerprint density at radius 2 is 1.59 bits per heavy atom. The maximum atomic E-state index is 13.0. The van der Waals surface area contributed by atoms with Crippen LogP contribution in [0.15, 0.2) is 23.1 Å². The molecule has 0 bridgehead atoms. The Bertz CT molecular complexity index is 854. The molecule has 0 unspecified atom stereocenters. The predicted molar refractivity (Wildman–Crippen MR) is 108 cm³/mol. The van der Waals surface area contributed by atoms with Gasteiger partial charge in [-0.2, -0.15) is 8.42 Å². The van der Waals surface area contributed by atoms with Crippen molar-refractivity contribution < 1.29 is 32.4 Å². The molecule has 2 aliphatic rings. The molecule has 0 aliphatic heterocycles. The summed E-state index contributed by atoms with van der Waals surface area (Å²) in [5.74, 6) is -1.93. The number of carboxylic acids is 1. The van der Waals surface area contributed by atoms with Crippen LogP contribution in [0.4, 0.5) is 0 Å². The Morgan fingerprint density at radius 1 is 1.00 bits per heavy atom. The Kier molecular flexibility index (Phi) is 8.32. The summed E-state index contributed by atoms with van der Waals surface area (Å²) in [7, 11) is -4.78. The van der Waals surface area contributed by atoms with E-state index in [0.29, 0.717) is 0 Å². The van der Waals surface area contributed by atoms with Gasteiger partial charge in [0.05, 0.1) is 11.1 Å². The fourth-order valence-electron chi connectivity index (χ4n) is 4.65. The predicted octanol–water partition coefficient (Wildman–Crippen LogP) is 3.42. The summed E-state index contributed by atoms with van der Waals surface area (Å²) in [6.07, 6.45) is 9.79. The third-order valence-corrected chi connectivity index (χ3v) is 6.97. The molecule has 2 fully saturated rings. The zero-order chi connectivity index (χ0) is 20.4. The molecule has 0 saturated heterocycles. The Balaban J connectivity index is 0.00000300. The van der Waals surface area contributed by atoms with Crippen molar-refractivity contribution in [3.05, 3.63) is 29.3 Å². The summed E-state index contributed by atoms with van der Waals surface area (Å²) in [6, 6.07) is 3.04. The number of carboxylic acid groups (broad SMARTS) is 1. The zero-order valence-corrected chi connectivity index (χ0v) is 16.5. The van der Waals surface area contributed by atoms with Gasteiger partial charge in [0.15, 0.2) is 0 Å². The third kappa shape index (κ3) is 5.61. The summed E-state index contributed by atoms with van der Waals surface area (Å²) in [5.41, 5.74) is -1.27. The van der Waals surface area contributed by atoms with Gasteiger partial charge in [-0.1, -0.05) is 25.7 Å². The first kappa shape index (κ1) is 24.3. The van der Waals surface area contributed by atoms with Crippen LogP contribution in [-0.2, 0) is 14.9 Å². The fraction of sp³-hybridized carbons (Fsp3) is 0.600. The van der Waals surface area contributed by atoms with Crippen LogP contribution in [0.25, 0.3) is 0 Å². The molecule has 0 heterocycles. The van der Waals surface area contributed by atoms with E-state index in [9.17, 15) is 22.6 Å². The number of rotatable bonds is 5. The van der Waals surface area contributed by atoms with Crippen molar-refractivity contribution in [2.45, 2.75) is 74.7 Å². The first-order valence-corrected chi connectivity index (χ1v) is 11.3. The fourth-order valence-corrected chi connectivity index (χ4v) is 5.35. The zero-order valence-electron chi connectivity index (χ0n) is 15.7. The van der Waals surface area contributed by atoms with E-state index in [0.717, 1.165) is 76.0 Å². The molecule has 9 heteroatoms. The van der Waals surface area contributed by atoms with Crippen LogP contribution in [-0.4, -0.2) is 65.2 Å². The number of benzene rings is 1. The van der Waals surface area contributed by atoms with E-state index < -0.39 is 32.6 Å². The summed E-state index contributed by atoms with van der Waals surface area (Å²) >= 11 is 0. The molecule has 2 N–H and O–H groups in total. The van der Waals surface area contributed by atoms with Gasteiger partial charge in [-0.05, 0) is 62.6 Å². The molecule has 0 atom stereocenters. The number of aromatic carboxylic acids is 1. The molecule has 1 aromatic carbocycles. The Hall–Kier alpha value is -0.930. The van der Waals surface area contributed by atoms with E-state index in [1.165, 1.54) is 6.42 Å². The van der Waals surface area contributed by atoms with Crippen LogP contribution >= 0.6 is 0 Å². The van der Waals surface area contributed by atoms with Gasteiger partial charge in [0.25, 0.3) is 10.1 Å². The third-order valence-electron chi connectivity index (χ3n) is 6.07. The van der Waals surface area contributed by atoms with Crippen molar-refractivity contribution in [1.82, 2.24) is 0 Å². The van der Waals surface area contributed by atoms with Crippen LogP contribution < -0.4 is 0 Å². The van der Waals surface area contributed by atoms with Crippen LogP contribution in [0, 0.1) is 5.92 Å². The van der Waals surface area contributed by atoms with Gasteiger partial charge in [0, 0.05) is 0 Å². The molecule has 29 heavy (non-hydrogen) atoms. The van der Waals surface area contributed by atoms with Gasteiger partial charge in [-0.3, -0.25) is 4.55 Å². The minimum atomic E-state index is -4.78. The molecule has 3 rings (SSSR count). The van der Waals surface area contributed by atoms with Crippen molar-refractivity contribution in [1.29, 1.82) is 0 Å². The topological polar surface area (TPSA) is 118 Å². The van der Waals surface area contributed by atoms with Gasteiger partial charge >= 0.3 is 41.5 Å². The first-order chi connectivity index (χ1) is 13.2. The summed E-state index contributed by atoms with van der Waals surface area (Å²) < 4.78 is 39.0. The number of carbonyl (C=O) groups is 2. The Labute approximate surface area is 193 Å². The van der Waals surface area contributed by atoms with Gasteiger partial charge in [-0.25, -0.2) is 9.59 Å². The standard InChI is InChI=1S/C20H26O7S.Na.H/c21-18(22)14-9-10-16(17(13-14)28(24,25)26)19(23)27-20(11-5-2-6-12-20)15-7-3-1-4-8-15;;/h9-10,13,15H,1-8,11-12H2,(H,21,22)(H,24,25,26);;. The minimum absolute atomic E-state index is 0. The molecule has 1 aromatic rings. The van der Waals surface area contributed by atoms with Gasteiger partial charge in [-0.15, -0.1) is 0 Å². The van der Waals surface area contributed by atoms with Gasteiger partial charge in [0.1, 0.15) is 10.5 Å². The quantitative estimate of drug-likeness (QED) is 0.414. The second-order valence-electron chi connectivity index (χ2n) is 7.84. The molecule has 0 aromatic heterocycles. The van der Waals surface area contributed by atoms with Crippen molar-refractivity contribution in [3.8, 4) is 0 Å². The summed E-state index contributed by atoms with van der Waals surface area (Å²) in [4.78, 5) is 23.4. The van der Waals surface area contributed by atoms with Crippen molar-refractivity contribution >= 4 is 51.6 Å². The molecule has 2 aliphatic carbocycles. The summed E-state index contributed by atoms with van der Waals surface area (Å²) in [6.45, 7) is 0. The second kappa shape index (κ2) is 9.92. The second-order valence-corrected chi connectivity index (χ2v) is 9.23. The molecular weight excluding hydrogens is 407 g/mol. The normalized spacial score (nSPS) is 19.8. The first-order valence-electron chi connectivity index (χ1n) is 9.81. The number of esters is 1. The number of hydrogen-bond donors (Lipinski definition) is 2. The van der Waals surface area contributed by atoms with E-state index in [2.05, 4.69) is 0 Å². The van der Waals surface area contributed by atoms with E-state index in [1.54, 1.807) is 0 Å². The molecule has 0 spiro atoms. The summed E-state index contributed by atoms with van der Waals surface area (Å²) in [5, 5.41) is 9.08. The van der Waals surface area contributed by atoms with E-state index in [4.69, 9.17) is 9.84 Å². The van der Waals surface area contributed by atoms with E-state index in [1.807, 2.05) is 0 Å². The SMILES string of the molecule is O=C(O)c1ccc(C(=O)OC2(C3CCCCC3)CCCCC2)c(S(=O)(=O)O)c1.[NaH]. The number of hydrogen-bond acceptors (Lipinski definition) is 5. The van der Waals surface area contributed by atoms with Crippen LogP contribution in [0.2, 0.25) is 0 Å². The molecular formula is C20H27NaO7S. The monoisotopic (exact) mass is 434 g/mol. The van der Waals surface area contributed by atoms with Crippen LogP contribution in [0.1, 0.15) is 84.9 Å². The van der Waals surface area contributed by atoms with Gasteiger partial charge in [0.2, 0.25) is 0 Å². The van der Waals surface area contributed by atoms with Crippen molar-refractivity contribution in [3.63, 3.8) is 0 Å². The number of ether oxygens (including phenoxy) is 1. The van der Waals surface area contributed by atoms with Gasteiger partial charge < -0.3 is 9.84 Å². The maximum absolute atomic E-state index is 13.0. The van der Waals surface area contributed by atoms with Crippen molar-refractivity contribution in [2.75, 3.05) is 0 Å². The molecule has 2 saturated carbocycles. The van der Waals surface area contributed by atoms with E-state index >= 15 is 0 Å². The van der Waals surface area contributed by atoms with Crippen LogP contribution in [0.5, 0.6) is 0 Å². The number of carbonyl (C=O) groups excluding carboxylic acids is 1. The van der Waals surface area contributed by atoms with Crippen LogP contribution in [0.3, 0.4) is 0 Å². The average Bonchev–Trinajstić information content (AvgIpc) is 2.68. The molecule has 0 amide bonds.